The van der Waals surface area contributed by atoms with Gasteiger partial charge in [0.15, 0.2) is 0 Å². The van der Waals surface area contributed by atoms with Crippen LogP contribution in [-0.4, -0.2) is 16.5 Å². The van der Waals surface area contributed by atoms with Crippen molar-refractivity contribution in [2.75, 3.05) is 11.9 Å². The Morgan fingerprint density at radius 2 is 2.17 bits per heavy atom. The van der Waals surface area contributed by atoms with Gasteiger partial charge in [0, 0.05) is 36.1 Å². The molecule has 18 heavy (non-hydrogen) atoms. The molecule has 0 amide bonds. The first-order chi connectivity index (χ1) is 8.74. The summed E-state index contributed by atoms with van der Waals surface area (Å²) in [5, 5.41) is 15.7. The molecule has 1 heterocycles. The molecule has 0 aliphatic rings. The molecule has 0 unspecified atom stereocenters. The highest BCUT2D eigenvalue weighted by Crippen LogP contribution is 2.30. The van der Waals surface area contributed by atoms with Crippen LogP contribution < -0.4 is 5.32 Å². The number of fused-ring (bicyclic) bond motifs is 1. The second-order valence-corrected chi connectivity index (χ2v) is 4.09. The molecule has 0 bridgehead atoms. The molecule has 0 aliphatic heterocycles. The lowest BCUT2D eigenvalue weighted by atomic mass is 10.1. The number of non-ortho nitro benzene ring substituents is 1. The van der Waals surface area contributed by atoms with Crippen molar-refractivity contribution in [3.05, 3.63) is 40.7 Å². The highest BCUT2D eigenvalue weighted by Gasteiger charge is 2.13. The lowest BCUT2D eigenvalue weighted by Crippen LogP contribution is -2.02. The van der Waals surface area contributed by atoms with Crippen molar-refractivity contribution in [2.24, 2.45) is 0 Å². The zero-order valence-electron chi connectivity index (χ0n) is 10.2. The molecule has 0 saturated heterocycles. The van der Waals surface area contributed by atoms with Gasteiger partial charge in [-0.2, -0.15) is 0 Å². The van der Waals surface area contributed by atoms with Gasteiger partial charge in [0.1, 0.15) is 0 Å². The molecule has 0 aliphatic carbocycles. The Labute approximate surface area is 105 Å². The van der Waals surface area contributed by atoms with Gasteiger partial charge in [0.2, 0.25) is 0 Å². The predicted molar refractivity (Wildman–Crippen MR) is 71.8 cm³/mol. The quantitative estimate of drug-likeness (QED) is 0.498. The maximum atomic E-state index is 11.0. The molecular formula is C13H15N3O2. The molecular weight excluding hydrogens is 230 g/mol. The van der Waals surface area contributed by atoms with Gasteiger partial charge < -0.3 is 5.32 Å². The van der Waals surface area contributed by atoms with E-state index in [4.69, 9.17) is 0 Å². The second kappa shape index (κ2) is 5.44. The van der Waals surface area contributed by atoms with Gasteiger partial charge in [0.25, 0.3) is 5.69 Å². The van der Waals surface area contributed by atoms with Crippen LogP contribution in [0, 0.1) is 10.1 Å². The Balaban J connectivity index is 2.44. The molecule has 1 aromatic carbocycles. The van der Waals surface area contributed by atoms with Crippen molar-refractivity contribution in [3.63, 3.8) is 0 Å². The number of unbranched alkanes of at least 4 members (excludes halogenated alkanes) is 1. The number of nitrogens with zero attached hydrogens (tertiary/aromatic N) is 2. The van der Waals surface area contributed by atoms with Crippen LogP contribution in [0.25, 0.3) is 10.8 Å². The topological polar surface area (TPSA) is 68.1 Å². The van der Waals surface area contributed by atoms with Crippen LogP contribution >= 0.6 is 0 Å². The van der Waals surface area contributed by atoms with E-state index < -0.39 is 0 Å². The molecule has 5 heteroatoms. The van der Waals surface area contributed by atoms with Crippen molar-refractivity contribution in [2.45, 2.75) is 19.8 Å². The monoisotopic (exact) mass is 245 g/mol. The Hall–Kier alpha value is -2.17. The number of nitrogens with one attached hydrogen (secondary N) is 1. The summed E-state index contributed by atoms with van der Waals surface area (Å²) in [6.45, 7) is 2.98. The molecule has 0 saturated carbocycles. The predicted octanol–water partition coefficient (Wildman–Crippen LogP) is 3.36. The van der Waals surface area contributed by atoms with Crippen molar-refractivity contribution in [1.29, 1.82) is 0 Å². The van der Waals surface area contributed by atoms with E-state index in [2.05, 4.69) is 17.2 Å². The van der Waals surface area contributed by atoms with E-state index >= 15 is 0 Å². The summed E-state index contributed by atoms with van der Waals surface area (Å²) in [5.74, 6) is 0. The summed E-state index contributed by atoms with van der Waals surface area (Å²) in [4.78, 5) is 14.6. The number of aromatic nitrogens is 1. The van der Waals surface area contributed by atoms with Gasteiger partial charge in [-0.3, -0.25) is 15.1 Å². The molecule has 94 valence electrons. The van der Waals surface area contributed by atoms with E-state index in [1.165, 1.54) is 6.07 Å². The van der Waals surface area contributed by atoms with Crippen molar-refractivity contribution in [1.82, 2.24) is 4.98 Å². The number of benzene rings is 1. The van der Waals surface area contributed by atoms with E-state index in [-0.39, 0.29) is 10.6 Å². The van der Waals surface area contributed by atoms with E-state index in [1.807, 2.05) is 0 Å². The molecule has 0 spiro atoms. The lowest BCUT2D eigenvalue weighted by Gasteiger charge is -2.09. The third-order valence-electron chi connectivity index (χ3n) is 2.84. The SMILES string of the molecule is CCCCNc1ccc([N+](=O)[O-])c2ccncc12. The van der Waals surface area contributed by atoms with Gasteiger partial charge in [-0.15, -0.1) is 0 Å². The van der Waals surface area contributed by atoms with Gasteiger partial charge in [-0.05, 0) is 18.6 Å². The zero-order chi connectivity index (χ0) is 13.0. The first-order valence-electron chi connectivity index (χ1n) is 5.99. The van der Waals surface area contributed by atoms with Gasteiger partial charge in [-0.1, -0.05) is 13.3 Å². The van der Waals surface area contributed by atoms with Gasteiger partial charge in [0.05, 0.1) is 10.3 Å². The van der Waals surface area contributed by atoms with Gasteiger partial charge in [-0.25, -0.2) is 0 Å². The molecule has 2 aromatic rings. The summed E-state index contributed by atoms with van der Waals surface area (Å²) < 4.78 is 0. The average Bonchev–Trinajstić information content (AvgIpc) is 2.38. The van der Waals surface area contributed by atoms with Crippen molar-refractivity contribution < 1.29 is 4.92 Å². The highest BCUT2D eigenvalue weighted by atomic mass is 16.6. The average molecular weight is 245 g/mol. The van der Waals surface area contributed by atoms with Crippen LogP contribution in [-0.2, 0) is 0 Å². The standard InChI is InChI=1S/C13H15N3O2/c1-2-3-7-15-12-4-5-13(16(17)18)10-6-8-14-9-11(10)12/h4-6,8-9,15H,2-3,7H2,1H3. The number of nitro benzene ring substituents is 1. The fourth-order valence-corrected chi connectivity index (χ4v) is 1.89. The molecule has 1 N–H and O–H groups in total. The van der Waals surface area contributed by atoms with Crippen LogP contribution in [0.3, 0.4) is 0 Å². The highest BCUT2D eigenvalue weighted by molar-refractivity contribution is 5.99. The Morgan fingerprint density at radius 3 is 2.89 bits per heavy atom. The minimum Gasteiger partial charge on any atom is -0.384 e. The Kier molecular flexibility index (Phi) is 3.72. The first-order valence-corrected chi connectivity index (χ1v) is 5.99. The number of hydrogen-bond acceptors (Lipinski definition) is 4. The molecule has 0 atom stereocenters. The van der Waals surface area contributed by atoms with Crippen molar-refractivity contribution >= 4 is 22.1 Å². The largest absolute Gasteiger partial charge is 0.384 e. The van der Waals surface area contributed by atoms with E-state index in [9.17, 15) is 10.1 Å². The molecule has 0 radical (unpaired) electrons. The summed E-state index contributed by atoms with van der Waals surface area (Å²) in [6.07, 6.45) is 5.41. The zero-order valence-corrected chi connectivity index (χ0v) is 10.2. The van der Waals surface area contributed by atoms with Crippen LogP contribution in [0.4, 0.5) is 11.4 Å². The van der Waals surface area contributed by atoms with Crippen LogP contribution in [0.5, 0.6) is 0 Å². The van der Waals surface area contributed by atoms with E-state index in [0.717, 1.165) is 30.5 Å². The maximum absolute atomic E-state index is 11.0. The smallest absolute Gasteiger partial charge is 0.277 e. The van der Waals surface area contributed by atoms with Crippen molar-refractivity contribution in [3.8, 4) is 0 Å². The normalized spacial score (nSPS) is 10.5. The number of rotatable bonds is 5. The summed E-state index contributed by atoms with van der Waals surface area (Å²) in [6, 6.07) is 4.97. The van der Waals surface area contributed by atoms with Crippen LogP contribution in [0.15, 0.2) is 30.6 Å². The Morgan fingerprint density at radius 1 is 1.33 bits per heavy atom. The summed E-state index contributed by atoms with van der Waals surface area (Å²) in [7, 11) is 0. The summed E-state index contributed by atoms with van der Waals surface area (Å²) >= 11 is 0. The third kappa shape index (κ3) is 2.40. The van der Waals surface area contributed by atoms with E-state index in [0.29, 0.717) is 5.39 Å². The Bertz CT molecular complexity index is 569. The second-order valence-electron chi connectivity index (χ2n) is 4.09. The van der Waals surface area contributed by atoms with E-state index in [1.54, 1.807) is 24.5 Å². The molecule has 1 aromatic heterocycles. The van der Waals surface area contributed by atoms with Crippen LogP contribution in [0.1, 0.15) is 19.8 Å². The fourth-order valence-electron chi connectivity index (χ4n) is 1.89. The summed E-state index contributed by atoms with van der Waals surface area (Å²) in [5.41, 5.74) is 1.02. The first kappa shape index (κ1) is 12.3. The molecule has 0 fully saturated rings. The molecule has 5 nitrogen and oxygen atoms in total. The maximum Gasteiger partial charge on any atom is 0.277 e. The fraction of sp³-hybridized carbons (Fsp3) is 0.308. The number of nitro groups is 1. The number of pyridine rings is 1. The van der Waals surface area contributed by atoms with Crippen LogP contribution in [0.2, 0.25) is 0 Å². The lowest BCUT2D eigenvalue weighted by molar-refractivity contribution is -0.383. The minimum absolute atomic E-state index is 0.119. The number of hydrogen-bond donors (Lipinski definition) is 1. The number of anilines is 1. The van der Waals surface area contributed by atoms with Gasteiger partial charge >= 0.3 is 0 Å². The molecule has 2 rings (SSSR count). The third-order valence-corrected chi connectivity index (χ3v) is 2.84. The minimum atomic E-state index is -0.363.